The predicted molar refractivity (Wildman–Crippen MR) is 93.5 cm³/mol. The zero-order valence-corrected chi connectivity index (χ0v) is 14.7. The van der Waals surface area contributed by atoms with Crippen molar-refractivity contribution in [1.29, 1.82) is 0 Å². The van der Waals surface area contributed by atoms with Gasteiger partial charge in [0.15, 0.2) is 0 Å². The van der Waals surface area contributed by atoms with Gasteiger partial charge in [-0.15, -0.1) is 0 Å². The summed E-state index contributed by atoms with van der Waals surface area (Å²) < 4.78 is 32.7. The van der Waals surface area contributed by atoms with Crippen LogP contribution in [0, 0.1) is 16.0 Å². The number of hydrogen-bond donors (Lipinski definition) is 0. The molecule has 1 unspecified atom stereocenters. The van der Waals surface area contributed by atoms with E-state index in [1.54, 1.807) is 19.2 Å². The molecule has 1 heterocycles. The maximum absolute atomic E-state index is 13.1. The fourth-order valence-electron chi connectivity index (χ4n) is 3.03. The lowest BCUT2D eigenvalue weighted by Gasteiger charge is -2.34. The second kappa shape index (κ2) is 6.36. The summed E-state index contributed by atoms with van der Waals surface area (Å²) in [5.74, 6) is 0.786. The zero-order valence-electron chi connectivity index (χ0n) is 13.9. The maximum Gasteiger partial charge on any atom is 0.270 e. The molecule has 1 aliphatic heterocycles. The van der Waals surface area contributed by atoms with Gasteiger partial charge in [0.1, 0.15) is 5.75 Å². The van der Waals surface area contributed by atoms with Crippen molar-refractivity contribution in [3.63, 3.8) is 0 Å². The Morgan fingerprint density at radius 3 is 2.68 bits per heavy atom. The summed E-state index contributed by atoms with van der Waals surface area (Å²) in [6.45, 7) is 2.29. The number of nitrogens with zero attached hydrogens (tertiary/aromatic N) is 2. The molecule has 0 spiro atoms. The van der Waals surface area contributed by atoms with E-state index < -0.39 is 14.9 Å². The molecular formula is C17H18N2O5S. The molecule has 0 radical (unpaired) electrons. The molecule has 2 aromatic rings. The van der Waals surface area contributed by atoms with E-state index >= 15 is 0 Å². The first-order valence-corrected chi connectivity index (χ1v) is 9.21. The Bertz CT molecular complexity index is 926. The third-order valence-electron chi connectivity index (χ3n) is 4.22. The highest BCUT2D eigenvalue weighted by atomic mass is 32.2. The van der Waals surface area contributed by atoms with Crippen LogP contribution in [0.1, 0.15) is 12.5 Å². The van der Waals surface area contributed by atoms with Crippen molar-refractivity contribution in [2.75, 3.05) is 18.0 Å². The van der Waals surface area contributed by atoms with Crippen molar-refractivity contribution in [3.05, 3.63) is 58.1 Å². The number of benzene rings is 2. The molecule has 0 amide bonds. The summed E-state index contributed by atoms with van der Waals surface area (Å²) in [6, 6.07) is 10.4. The van der Waals surface area contributed by atoms with Gasteiger partial charge in [-0.1, -0.05) is 13.0 Å². The lowest BCUT2D eigenvalue weighted by atomic mass is 9.95. The van der Waals surface area contributed by atoms with Crippen LogP contribution in [0.15, 0.2) is 47.4 Å². The third kappa shape index (κ3) is 3.17. The number of nitro benzene ring substituents is 1. The van der Waals surface area contributed by atoms with Gasteiger partial charge in [0.05, 0.1) is 22.6 Å². The Morgan fingerprint density at radius 2 is 2.00 bits per heavy atom. The molecule has 0 fully saturated rings. The number of ether oxygens (including phenoxy) is 1. The summed E-state index contributed by atoms with van der Waals surface area (Å²) in [7, 11) is -2.33. The van der Waals surface area contributed by atoms with Crippen molar-refractivity contribution < 1.29 is 18.1 Å². The number of anilines is 1. The first-order chi connectivity index (χ1) is 11.8. The standard InChI is InChI=1S/C17H18N2O5S/c1-12-8-13-9-15(24-2)6-7-17(13)18(11-12)25(22,23)16-5-3-4-14(10-16)19(20)21/h3-7,9-10,12H,8,11H2,1-2H3. The van der Waals surface area contributed by atoms with E-state index in [0.717, 1.165) is 18.1 Å². The van der Waals surface area contributed by atoms with E-state index in [0.29, 0.717) is 18.0 Å². The van der Waals surface area contributed by atoms with E-state index in [1.165, 1.54) is 22.5 Å². The topological polar surface area (TPSA) is 89.8 Å². The number of sulfonamides is 1. The summed E-state index contributed by atoms with van der Waals surface area (Å²) >= 11 is 0. The van der Waals surface area contributed by atoms with Crippen LogP contribution in [0.4, 0.5) is 11.4 Å². The predicted octanol–water partition coefficient (Wildman–Crippen LogP) is 2.99. The number of non-ortho nitro benzene ring substituents is 1. The molecule has 0 saturated carbocycles. The maximum atomic E-state index is 13.1. The fraction of sp³-hybridized carbons (Fsp3) is 0.294. The highest BCUT2D eigenvalue weighted by Gasteiger charge is 2.32. The number of fused-ring (bicyclic) bond motifs is 1. The van der Waals surface area contributed by atoms with Crippen LogP contribution in [-0.4, -0.2) is 27.0 Å². The molecule has 3 rings (SSSR count). The van der Waals surface area contributed by atoms with E-state index in [-0.39, 0.29) is 16.5 Å². The Kier molecular flexibility index (Phi) is 4.38. The van der Waals surface area contributed by atoms with Crippen LogP contribution in [0.5, 0.6) is 5.75 Å². The molecule has 25 heavy (non-hydrogen) atoms. The highest BCUT2D eigenvalue weighted by molar-refractivity contribution is 7.92. The molecule has 0 N–H and O–H groups in total. The minimum atomic E-state index is -3.90. The van der Waals surface area contributed by atoms with Gasteiger partial charge in [-0.3, -0.25) is 14.4 Å². The Balaban J connectivity index is 2.09. The van der Waals surface area contributed by atoms with Gasteiger partial charge in [0, 0.05) is 18.7 Å². The molecule has 0 bridgehead atoms. The molecular weight excluding hydrogens is 344 g/mol. The third-order valence-corrected chi connectivity index (χ3v) is 5.99. The Hall–Kier alpha value is -2.61. The monoisotopic (exact) mass is 362 g/mol. The van der Waals surface area contributed by atoms with Crippen LogP contribution < -0.4 is 9.04 Å². The van der Waals surface area contributed by atoms with E-state index in [9.17, 15) is 18.5 Å². The molecule has 0 saturated heterocycles. The zero-order chi connectivity index (χ0) is 18.2. The van der Waals surface area contributed by atoms with Crippen molar-refractivity contribution in [1.82, 2.24) is 0 Å². The SMILES string of the molecule is COc1ccc2c(c1)CC(C)CN2S(=O)(=O)c1cccc([N+](=O)[O-])c1. The first kappa shape index (κ1) is 17.2. The van der Waals surface area contributed by atoms with Crippen LogP contribution in [-0.2, 0) is 16.4 Å². The summed E-state index contributed by atoms with van der Waals surface area (Å²) in [5.41, 5.74) is 1.22. The van der Waals surface area contributed by atoms with Gasteiger partial charge in [0.25, 0.3) is 15.7 Å². The Morgan fingerprint density at radius 1 is 1.24 bits per heavy atom. The van der Waals surface area contributed by atoms with Crippen LogP contribution >= 0.6 is 0 Å². The normalized spacial score (nSPS) is 17.0. The Labute approximate surface area is 146 Å². The average molecular weight is 362 g/mol. The minimum Gasteiger partial charge on any atom is -0.497 e. The van der Waals surface area contributed by atoms with Crippen LogP contribution in [0.2, 0.25) is 0 Å². The number of rotatable bonds is 4. The number of nitro groups is 1. The quantitative estimate of drug-likeness (QED) is 0.616. The van der Waals surface area contributed by atoms with Crippen molar-refractivity contribution in [2.24, 2.45) is 5.92 Å². The number of hydrogen-bond acceptors (Lipinski definition) is 5. The van der Waals surface area contributed by atoms with E-state index in [4.69, 9.17) is 4.74 Å². The molecule has 1 aliphatic rings. The van der Waals surface area contributed by atoms with Gasteiger partial charge >= 0.3 is 0 Å². The molecule has 7 nitrogen and oxygen atoms in total. The smallest absolute Gasteiger partial charge is 0.270 e. The van der Waals surface area contributed by atoms with Crippen molar-refractivity contribution in [2.45, 2.75) is 18.2 Å². The fourth-order valence-corrected chi connectivity index (χ4v) is 4.69. The summed E-state index contributed by atoms with van der Waals surface area (Å²) in [4.78, 5) is 10.3. The molecule has 0 aliphatic carbocycles. The molecule has 8 heteroatoms. The van der Waals surface area contributed by atoms with Gasteiger partial charge in [-0.2, -0.15) is 0 Å². The van der Waals surface area contributed by atoms with Gasteiger partial charge < -0.3 is 4.74 Å². The van der Waals surface area contributed by atoms with Crippen LogP contribution in [0.3, 0.4) is 0 Å². The lowest BCUT2D eigenvalue weighted by molar-refractivity contribution is -0.385. The second-order valence-electron chi connectivity index (χ2n) is 6.09. The summed E-state index contributed by atoms with van der Waals surface area (Å²) in [6.07, 6.45) is 0.744. The number of methoxy groups -OCH3 is 1. The molecule has 2 aromatic carbocycles. The van der Waals surface area contributed by atoms with E-state index in [1.807, 2.05) is 13.0 Å². The molecule has 1 atom stereocenters. The van der Waals surface area contributed by atoms with Crippen LogP contribution in [0.25, 0.3) is 0 Å². The van der Waals surface area contributed by atoms with E-state index in [2.05, 4.69) is 0 Å². The van der Waals surface area contributed by atoms with Gasteiger partial charge in [-0.05, 0) is 42.2 Å². The minimum absolute atomic E-state index is 0.0856. The second-order valence-corrected chi connectivity index (χ2v) is 7.96. The average Bonchev–Trinajstić information content (AvgIpc) is 2.60. The van der Waals surface area contributed by atoms with Gasteiger partial charge in [-0.25, -0.2) is 8.42 Å². The van der Waals surface area contributed by atoms with Crippen molar-refractivity contribution >= 4 is 21.4 Å². The summed E-state index contributed by atoms with van der Waals surface area (Å²) in [5, 5.41) is 11.0. The molecule has 0 aromatic heterocycles. The largest absolute Gasteiger partial charge is 0.497 e. The van der Waals surface area contributed by atoms with Gasteiger partial charge in [0.2, 0.25) is 0 Å². The first-order valence-electron chi connectivity index (χ1n) is 7.77. The highest BCUT2D eigenvalue weighted by Crippen LogP contribution is 2.36. The molecule has 132 valence electrons. The lowest BCUT2D eigenvalue weighted by Crippen LogP contribution is -2.39. The van der Waals surface area contributed by atoms with Crippen molar-refractivity contribution in [3.8, 4) is 5.75 Å².